The highest BCUT2D eigenvalue weighted by atomic mass is 16.2. The molecule has 8 heteroatoms. The third-order valence-electron chi connectivity index (χ3n) is 7.16. The summed E-state index contributed by atoms with van der Waals surface area (Å²) in [5, 5.41) is 5.92. The van der Waals surface area contributed by atoms with E-state index in [9.17, 15) is 19.2 Å². The Bertz CT molecular complexity index is 1130. The highest BCUT2D eigenvalue weighted by molar-refractivity contribution is 6.09. The Labute approximate surface area is 198 Å². The fourth-order valence-corrected chi connectivity index (χ4v) is 5.32. The lowest BCUT2D eigenvalue weighted by molar-refractivity contribution is -0.140. The molecule has 0 bridgehead atoms. The minimum Gasteiger partial charge on any atom is -0.349 e. The normalized spacial score (nSPS) is 22.5. The number of nitrogens with one attached hydrogen (secondary N) is 2. The summed E-state index contributed by atoms with van der Waals surface area (Å²) < 4.78 is 0. The van der Waals surface area contributed by atoms with Gasteiger partial charge in [0.15, 0.2) is 0 Å². The van der Waals surface area contributed by atoms with Crippen molar-refractivity contribution in [1.82, 2.24) is 20.4 Å². The van der Waals surface area contributed by atoms with Gasteiger partial charge in [0.2, 0.25) is 5.91 Å². The highest BCUT2D eigenvalue weighted by Crippen LogP contribution is 2.39. The number of nitrogens with zero attached hydrogens (tertiary/aromatic N) is 2. The van der Waals surface area contributed by atoms with E-state index in [2.05, 4.69) is 10.6 Å². The van der Waals surface area contributed by atoms with Crippen LogP contribution in [0.25, 0.3) is 0 Å². The van der Waals surface area contributed by atoms with E-state index in [-0.39, 0.29) is 30.3 Å². The Morgan fingerprint density at radius 2 is 1.71 bits per heavy atom. The number of likely N-dealkylation sites (tertiary alicyclic amines) is 1. The standard InChI is InChI=1S/C26H28N4O4/c31-22(29-15-12-20(13-16-29)27-23(32)19-8-2-1-3-9-19)17-30-24(33)26(28-25(30)34)14-6-10-18-7-4-5-11-21(18)26/h1-5,7-9,11,20H,6,10,12-17H2,(H,27,32)(H,28,34). The van der Waals surface area contributed by atoms with Crippen molar-refractivity contribution < 1.29 is 19.2 Å². The topological polar surface area (TPSA) is 98.8 Å². The Morgan fingerprint density at radius 1 is 1.00 bits per heavy atom. The van der Waals surface area contributed by atoms with Crippen LogP contribution in [0.4, 0.5) is 4.79 Å². The number of hydrogen-bond acceptors (Lipinski definition) is 4. The molecule has 176 valence electrons. The molecule has 2 heterocycles. The number of piperidine rings is 1. The molecule has 3 aliphatic rings. The quantitative estimate of drug-likeness (QED) is 0.684. The second kappa shape index (κ2) is 8.93. The van der Waals surface area contributed by atoms with Crippen molar-refractivity contribution in [2.24, 2.45) is 0 Å². The monoisotopic (exact) mass is 460 g/mol. The van der Waals surface area contributed by atoms with Gasteiger partial charge in [-0.05, 0) is 55.4 Å². The van der Waals surface area contributed by atoms with Crippen molar-refractivity contribution in [2.75, 3.05) is 19.6 Å². The first kappa shape index (κ1) is 22.1. The summed E-state index contributed by atoms with van der Waals surface area (Å²) in [7, 11) is 0. The first-order chi connectivity index (χ1) is 16.5. The van der Waals surface area contributed by atoms with E-state index in [0.29, 0.717) is 37.9 Å². The minimum absolute atomic E-state index is 0.0181. The Morgan fingerprint density at radius 3 is 2.47 bits per heavy atom. The lowest BCUT2D eigenvalue weighted by Crippen LogP contribution is -2.50. The molecule has 1 spiro atoms. The van der Waals surface area contributed by atoms with E-state index in [0.717, 1.165) is 28.9 Å². The molecule has 2 saturated heterocycles. The number of benzene rings is 2. The number of imide groups is 1. The molecule has 1 unspecified atom stereocenters. The van der Waals surface area contributed by atoms with Gasteiger partial charge < -0.3 is 15.5 Å². The van der Waals surface area contributed by atoms with E-state index >= 15 is 0 Å². The van der Waals surface area contributed by atoms with E-state index in [1.54, 1.807) is 17.0 Å². The lowest BCUT2D eigenvalue weighted by atomic mass is 9.76. The Hall–Kier alpha value is -3.68. The molecule has 1 atom stereocenters. The number of carbonyl (C=O) groups excluding carboxylic acids is 4. The van der Waals surface area contributed by atoms with Crippen LogP contribution in [0.2, 0.25) is 0 Å². The van der Waals surface area contributed by atoms with E-state index in [1.165, 1.54) is 0 Å². The molecule has 5 amide bonds. The zero-order valence-corrected chi connectivity index (χ0v) is 19.0. The summed E-state index contributed by atoms with van der Waals surface area (Å²) in [6.07, 6.45) is 3.46. The summed E-state index contributed by atoms with van der Waals surface area (Å²) in [5.41, 5.74) is 1.44. The third kappa shape index (κ3) is 3.93. The van der Waals surface area contributed by atoms with Gasteiger partial charge in [0.25, 0.3) is 11.8 Å². The number of rotatable bonds is 4. The molecule has 2 aromatic carbocycles. The fraction of sp³-hybridized carbons (Fsp3) is 0.385. The van der Waals surface area contributed by atoms with Crippen molar-refractivity contribution in [1.29, 1.82) is 0 Å². The third-order valence-corrected chi connectivity index (χ3v) is 7.16. The van der Waals surface area contributed by atoms with Crippen molar-refractivity contribution >= 4 is 23.8 Å². The molecule has 0 aromatic heterocycles. The van der Waals surface area contributed by atoms with E-state index in [4.69, 9.17) is 0 Å². The van der Waals surface area contributed by atoms with Crippen molar-refractivity contribution in [3.8, 4) is 0 Å². The largest absolute Gasteiger partial charge is 0.349 e. The van der Waals surface area contributed by atoms with Crippen LogP contribution in [0, 0.1) is 0 Å². The minimum atomic E-state index is -1.07. The average molecular weight is 461 g/mol. The van der Waals surface area contributed by atoms with Gasteiger partial charge >= 0.3 is 6.03 Å². The molecule has 0 radical (unpaired) electrons. The van der Waals surface area contributed by atoms with Gasteiger partial charge in [-0.25, -0.2) is 4.79 Å². The number of carbonyl (C=O) groups is 4. The Kier molecular flexibility index (Phi) is 5.81. The molecule has 5 rings (SSSR count). The molecule has 2 aliphatic heterocycles. The molecule has 2 aromatic rings. The van der Waals surface area contributed by atoms with Crippen LogP contribution in [0.15, 0.2) is 54.6 Å². The first-order valence-electron chi connectivity index (χ1n) is 11.8. The predicted molar refractivity (Wildman–Crippen MR) is 125 cm³/mol. The van der Waals surface area contributed by atoms with Crippen molar-refractivity contribution in [2.45, 2.75) is 43.7 Å². The maximum Gasteiger partial charge on any atom is 0.325 e. The van der Waals surface area contributed by atoms with Gasteiger partial charge in [-0.3, -0.25) is 19.3 Å². The molecule has 0 saturated carbocycles. The molecule has 8 nitrogen and oxygen atoms in total. The fourth-order valence-electron chi connectivity index (χ4n) is 5.32. The number of amides is 5. The molecule has 2 fully saturated rings. The molecular formula is C26H28N4O4. The zero-order valence-electron chi connectivity index (χ0n) is 19.0. The summed E-state index contributed by atoms with van der Waals surface area (Å²) in [6, 6.07) is 16.2. The van der Waals surface area contributed by atoms with Gasteiger partial charge in [0.05, 0.1) is 0 Å². The number of fused-ring (bicyclic) bond motifs is 2. The summed E-state index contributed by atoms with van der Waals surface area (Å²) in [4.78, 5) is 54.3. The first-order valence-corrected chi connectivity index (χ1v) is 11.8. The molecular weight excluding hydrogens is 432 g/mol. The Balaban J connectivity index is 1.19. The van der Waals surface area contributed by atoms with Crippen LogP contribution < -0.4 is 10.6 Å². The predicted octanol–water partition coefficient (Wildman–Crippen LogP) is 2.19. The van der Waals surface area contributed by atoms with Crippen LogP contribution in [0.1, 0.15) is 47.2 Å². The SMILES string of the molecule is O=C(NC1CCN(C(=O)CN2C(=O)NC3(CCCc4ccccc43)C2=O)CC1)c1ccccc1. The van der Waals surface area contributed by atoms with Gasteiger partial charge in [-0.1, -0.05) is 42.5 Å². The van der Waals surface area contributed by atoms with Crippen molar-refractivity contribution in [3.63, 3.8) is 0 Å². The second-order valence-electron chi connectivity index (χ2n) is 9.23. The second-order valence-corrected chi connectivity index (χ2v) is 9.23. The van der Waals surface area contributed by atoms with Crippen LogP contribution >= 0.6 is 0 Å². The lowest BCUT2D eigenvalue weighted by Gasteiger charge is -2.34. The average Bonchev–Trinajstić information content (AvgIpc) is 3.10. The summed E-state index contributed by atoms with van der Waals surface area (Å²) >= 11 is 0. The van der Waals surface area contributed by atoms with Crippen LogP contribution in [0.5, 0.6) is 0 Å². The van der Waals surface area contributed by atoms with Crippen molar-refractivity contribution in [3.05, 3.63) is 71.3 Å². The maximum absolute atomic E-state index is 13.4. The zero-order chi connectivity index (χ0) is 23.7. The highest BCUT2D eigenvalue weighted by Gasteiger charge is 2.54. The van der Waals surface area contributed by atoms with Crippen LogP contribution in [-0.4, -0.2) is 59.2 Å². The van der Waals surface area contributed by atoms with E-state index < -0.39 is 11.6 Å². The van der Waals surface area contributed by atoms with E-state index in [1.807, 2.05) is 42.5 Å². The smallest absolute Gasteiger partial charge is 0.325 e. The number of urea groups is 1. The van der Waals surface area contributed by atoms with Gasteiger partial charge in [-0.15, -0.1) is 0 Å². The summed E-state index contributed by atoms with van der Waals surface area (Å²) in [5.74, 6) is -0.719. The van der Waals surface area contributed by atoms with Crippen LogP contribution in [0.3, 0.4) is 0 Å². The van der Waals surface area contributed by atoms with Gasteiger partial charge in [-0.2, -0.15) is 0 Å². The summed E-state index contributed by atoms with van der Waals surface area (Å²) in [6.45, 7) is 0.669. The van der Waals surface area contributed by atoms with Gasteiger partial charge in [0, 0.05) is 24.7 Å². The number of hydrogen-bond donors (Lipinski definition) is 2. The van der Waals surface area contributed by atoms with Crippen LogP contribution in [-0.2, 0) is 21.5 Å². The number of aryl methyl sites for hydroxylation is 1. The molecule has 34 heavy (non-hydrogen) atoms. The molecule has 2 N–H and O–H groups in total. The maximum atomic E-state index is 13.4. The van der Waals surface area contributed by atoms with Gasteiger partial charge in [0.1, 0.15) is 12.1 Å². The molecule has 1 aliphatic carbocycles.